The van der Waals surface area contributed by atoms with Crippen molar-refractivity contribution in [3.05, 3.63) is 35.4 Å². The number of rotatable bonds is 5. The highest BCUT2D eigenvalue weighted by atomic mass is 15.1. The second kappa shape index (κ2) is 7.06. The lowest BCUT2D eigenvalue weighted by atomic mass is 9.93. The molecule has 0 radical (unpaired) electrons. The molecule has 2 unspecified atom stereocenters. The van der Waals surface area contributed by atoms with Crippen molar-refractivity contribution >= 4 is 0 Å². The minimum absolute atomic E-state index is 0.716. The van der Waals surface area contributed by atoms with Gasteiger partial charge in [0.25, 0.3) is 0 Å². The van der Waals surface area contributed by atoms with E-state index in [0.717, 1.165) is 19.0 Å². The topological polar surface area (TPSA) is 15.3 Å². The van der Waals surface area contributed by atoms with Crippen LogP contribution in [-0.4, -0.2) is 30.6 Å². The van der Waals surface area contributed by atoms with Gasteiger partial charge in [-0.1, -0.05) is 43.7 Å². The SMILES string of the molecule is CCCNC1CCN(Cc2cccc(C)c2)CC1C. The summed E-state index contributed by atoms with van der Waals surface area (Å²) in [6, 6.07) is 9.62. The molecule has 2 heteroatoms. The van der Waals surface area contributed by atoms with Gasteiger partial charge in [0, 0.05) is 19.1 Å². The third kappa shape index (κ3) is 4.32. The fraction of sp³-hybridized carbons (Fsp3) is 0.647. The van der Waals surface area contributed by atoms with Gasteiger partial charge in [-0.3, -0.25) is 4.90 Å². The van der Waals surface area contributed by atoms with Crippen LogP contribution in [0.4, 0.5) is 0 Å². The zero-order valence-corrected chi connectivity index (χ0v) is 12.7. The summed E-state index contributed by atoms with van der Waals surface area (Å²) in [5.74, 6) is 0.755. The molecule has 19 heavy (non-hydrogen) atoms. The van der Waals surface area contributed by atoms with Gasteiger partial charge >= 0.3 is 0 Å². The molecular weight excluding hydrogens is 232 g/mol. The van der Waals surface area contributed by atoms with E-state index in [1.807, 2.05) is 0 Å². The molecule has 1 heterocycles. The van der Waals surface area contributed by atoms with Crippen molar-refractivity contribution in [1.29, 1.82) is 0 Å². The summed E-state index contributed by atoms with van der Waals surface area (Å²) in [6.07, 6.45) is 2.52. The highest BCUT2D eigenvalue weighted by molar-refractivity contribution is 5.22. The van der Waals surface area contributed by atoms with Crippen LogP contribution in [0.15, 0.2) is 24.3 Å². The number of aryl methyl sites for hydroxylation is 1. The van der Waals surface area contributed by atoms with Crippen molar-refractivity contribution in [3.8, 4) is 0 Å². The summed E-state index contributed by atoms with van der Waals surface area (Å²) in [5, 5.41) is 3.69. The van der Waals surface area contributed by atoms with Crippen molar-refractivity contribution in [3.63, 3.8) is 0 Å². The first-order valence-corrected chi connectivity index (χ1v) is 7.70. The molecule has 0 saturated carbocycles. The van der Waals surface area contributed by atoms with E-state index in [9.17, 15) is 0 Å². The maximum atomic E-state index is 3.69. The molecule has 2 rings (SSSR count). The molecule has 2 atom stereocenters. The van der Waals surface area contributed by atoms with Crippen molar-refractivity contribution in [2.45, 2.75) is 46.2 Å². The second-order valence-corrected chi connectivity index (χ2v) is 6.05. The van der Waals surface area contributed by atoms with Crippen LogP contribution < -0.4 is 5.32 Å². The molecule has 1 aromatic rings. The van der Waals surface area contributed by atoms with Gasteiger partial charge in [-0.2, -0.15) is 0 Å². The van der Waals surface area contributed by atoms with Crippen molar-refractivity contribution in [2.24, 2.45) is 5.92 Å². The molecule has 0 spiro atoms. The van der Waals surface area contributed by atoms with Crippen LogP contribution in [0.5, 0.6) is 0 Å². The number of nitrogens with zero attached hydrogens (tertiary/aromatic N) is 1. The van der Waals surface area contributed by atoms with Crippen molar-refractivity contribution in [1.82, 2.24) is 10.2 Å². The van der Waals surface area contributed by atoms with E-state index in [4.69, 9.17) is 0 Å². The van der Waals surface area contributed by atoms with Crippen molar-refractivity contribution in [2.75, 3.05) is 19.6 Å². The standard InChI is InChI=1S/C17H28N2/c1-4-9-18-17-8-10-19(12-15(17)3)13-16-7-5-6-14(2)11-16/h5-7,11,15,17-18H,4,8-10,12-13H2,1-3H3. The fourth-order valence-corrected chi connectivity index (χ4v) is 3.08. The van der Waals surface area contributed by atoms with Crippen LogP contribution in [0.3, 0.4) is 0 Å². The Labute approximate surface area is 118 Å². The molecule has 1 saturated heterocycles. The summed E-state index contributed by atoms with van der Waals surface area (Å²) in [6.45, 7) is 11.5. The van der Waals surface area contributed by atoms with E-state index in [1.54, 1.807) is 0 Å². The molecule has 106 valence electrons. The molecular formula is C17H28N2. The zero-order valence-electron chi connectivity index (χ0n) is 12.7. The average molecular weight is 260 g/mol. The van der Waals surface area contributed by atoms with Gasteiger partial charge in [0.05, 0.1) is 0 Å². The summed E-state index contributed by atoms with van der Waals surface area (Å²) in [4.78, 5) is 2.60. The summed E-state index contributed by atoms with van der Waals surface area (Å²) < 4.78 is 0. The van der Waals surface area contributed by atoms with E-state index < -0.39 is 0 Å². The predicted octanol–water partition coefficient (Wildman–Crippen LogP) is 3.21. The van der Waals surface area contributed by atoms with Crippen LogP contribution in [0.2, 0.25) is 0 Å². The molecule has 1 N–H and O–H groups in total. The second-order valence-electron chi connectivity index (χ2n) is 6.05. The Hall–Kier alpha value is -0.860. The monoisotopic (exact) mass is 260 g/mol. The minimum atomic E-state index is 0.716. The Kier molecular flexibility index (Phi) is 5.41. The molecule has 0 bridgehead atoms. The number of piperidine rings is 1. The van der Waals surface area contributed by atoms with Gasteiger partial charge in [0.15, 0.2) is 0 Å². The molecule has 1 aromatic carbocycles. The number of hydrogen-bond acceptors (Lipinski definition) is 2. The number of nitrogens with one attached hydrogen (secondary N) is 1. The molecule has 1 fully saturated rings. The first-order chi connectivity index (χ1) is 9.19. The van der Waals surface area contributed by atoms with Crippen LogP contribution in [0.1, 0.15) is 37.8 Å². The Bertz CT molecular complexity index is 389. The quantitative estimate of drug-likeness (QED) is 0.874. The zero-order chi connectivity index (χ0) is 13.7. The van der Waals surface area contributed by atoms with E-state index in [1.165, 1.54) is 37.1 Å². The predicted molar refractivity (Wildman–Crippen MR) is 82.3 cm³/mol. The van der Waals surface area contributed by atoms with E-state index in [-0.39, 0.29) is 0 Å². The first-order valence-electron chi connectivity index (χ1n) is 7.70. The molecule has 0 aromatic heterocycles. The van der Waals surface area contributed by atoms with Crippen LogP contribution >= 0.6 is 0 Å². The average Bonchev–Trinajstić information content (AvgIpc) is 2.38. The van der Waals surface area contributed by atoms with Gasteiger partial charge in [-0.25, -0.2) is 0 Å². The summed E-state index contributed by atoms with van der Waals surface area (Å²) in [7, 11) is 0. The molecule has 2 nitrogen and oxygen atoms in total. The molecule has 1 aliphatic rings. The fourth-order valence-electron chi connectivity index (χ4n) is 3.08. The number of hydrogen-bond donors (Lipinski definition) is 1. The Morgan fingerprint density at radius 3 is 2.89 bits per heavy atom. The van der Waals surface area contributed by atoms with Crippen molar-refractivity contribution < 1.29 is 0 Å². The third-order valence-corrected chi connectivity index (χ3v) is 4.13. The van der Waals surface area contributed by atoms with Crippen LogP contribution in [-0.2, 0) is 6.54 Å². The van der Waals surface area contributed by atoms with Gasteiger partial charge in [0.2, 0.25) is 0 Å². The lowest BCUT2D eigenvalue weighted by Gasteiger charge is -2.37. The van der Waals surface area contributed by atoms with E-state index in [2.05, 4.69) is 55.3 Å². The van der Waals surface area contributed by atoms with Gasteiger partial charge in [-0.05, 0) is 44.3 Å². The highest BCUT2D eigenvalue weighted by Gasteiger charge is 2.25. The lowest BCUT2D eigenvalue weighted by molar-refractivity contribution is 0.141. The van der Waals surface area contributed by atoms with E-state index in [0.29, 0.717) is 6.04 Å². The minimum Gasteiger partial charge on any atom is -0.314 e. The maximum absolute atomic E-state index is 3.69. The molecule has 1 aliphatic heterocycles. The Morgan fingerprint density at radius 2 is 2.21 bits per heavy atom. The van der Waals surface area contributed by atoms with Gasteiger partial charge < -0.3 is 5.32 Å². The lowest BCUT2D eigenvalue weighted by Crippen LogP contribution is -2.48. The van der Waals surface area contributed by atoms with Gasteiger partial charge in [-0.15, -0.1) is 0 Å². The normalized spacial score (nSPS) is 24.6. The smallest absolute Gasteiger partial charge is 0.0233 e. The highest BCUT2D eigenvalue weighted by Crippen LogP contribution is 2.19. The Balaban J connectivity index is 1.84. The Morgan fingerprint density at radius 1 is 1.37 bits per heavy atom. The third-order valence-electron chi connectivity index (χ3n) is 4.13. The molecule has 0 amide bonds. The van der Waals surface area contributed by atoms with Gasteiger partial charge in [0.1, 0.15) is 0 Å². The summed E-state index contributed by atoms with van der Waals surface area (Å²) in [5.41, 5.74) is 2.82. The number of likely N-dealkylation sites (tertiary alicyclic amines) is 1. The van der Waals surface area contributed by atoms with E-state index >= 15 is 0 Å². The van der Waals surface area contributed by atoms with Crippen LogP contribution in [0.25, 0.3) is 0 Å². The summed E-state index contributed by atoms with van der Waals surface area (Å²) >= 11 is 0. The maximum Gasteiger partial charge on any atom is 0.0233 e. The number of benzene rings is 1. The first kappa shape index (κ1) is 14.5. The largest absolute Gasteiger partial charge is 0.314 e. The molecule has 0 aliphatic carbocycles. The van der Waals surface area contributed by atoms with Crippen LogP contribution in [0, 0.1) is 12.8 Å².